The SMILES string of the molecule is CCC1Sc2nccn2/C1=N/O. The molecule has 0 aliphatic carbocycles. The van der Waals surface area contributed by atoms with Crippen molar-refractivity contribution in [3.8, 4) is 0 Å². The second-order valence-corrected chi connectivity index (χ2v) is 3.72. The number of rotatable bonds is 1. The van der Waals surface area contributed by atoms with Crippen LogP contribution in [0.15, 0.2) is 22.7 Å². The van der Waals surface area contributed by atoms with Crippen LogP contribution in [0.25, 0.3) is 0 Å². The second kappa shape index (κ2) is 2.82. The van der Waals surface area contributed by atoms with Crippen LogP contribution in [0.5, 0.6) is 0 Å². The summed E-state index contributed by atoms with van der Waals surface area (Å²) in [5.74, 6) is 0.690. The fourth-order valence-electron chi connectivity index (χ4n) is 1.26. The maximum atomic E-state index is 8.76. The van der Waals surface area contributed by atoms with E-state index in [9.17, 15) is 0 Å². The highest BCUT2D eigenvalue weighted by Crippen LogP contribution is 2.32. The standard InChI is InChI=1S/C7H9N3OS/c1-2-5-6(9-11)10-4-3-8-7(10)12-5/h3-5,11H,2H2,1H3/b9-6+. The molecule has 0 saturated carbocycles. The third-order valence-corrected chi connectivity index (χ3v) is 3.20. The summed E-state index contributed by atoms with van der Waals surface area (Å²) in [4.78, 5) is 4.13. The highest BCUT2D eigenvalue weighted by molar-refractivity contribution is 8.00. The number of nitrogens with zero attached hydrogens (tertiary/aromatic N) is 3. The van der Waals surface area contributed by atoms with Crippen LogP contribution < -0.4 is 0 Å². The number of hydrogen-bond acceptors (Lipinski definition) is 4. The minimum atomic E-state index is 0.249. The maximum absolute atomic E-state index is 8.76. The Morgan fingerprint density at radius 3 is 3.33 bits per heavy atom. The fraction of sp³-hybridized carbons (Fsp3) is 0.429. The lowest BCUT2D eigenvalue weighted by Crippen LogP contribution is -2.17. The Morgan fingerprint density at radius 2 is 2.67 bits per heavy atom. The first-order chi connectivity index (χ1) is 5.86. The third kappa shape index (κ3) is 0.929. The van der Waals surface area contributed by atoms with Gasteiger partial charge in [0.1, 0.15) is 0 Å². The Hall–Kier alpha value is -0.970. The smallest absolute Gasteiger partial charge is 0.174 e. The average Bonchev–Trinajstić information content (AvgIpc) is 2.61. The van der Waals surface area contributed by atoms with Crippen molar-refractivity contribution < 1.29 is 5.21 Å². The van der Waals surface area contributed by atoms with Crippen molar-refractivity contribution in [1.82, 2.24) is 9.55 Å². The molecule has 12 heavy (non-hydrogen) atoms. The van der Waals surface area contributed by atoms with E-state index in [1.807, 2.05) is 10.8 Å². The van der Waals surface area contributed by atoms with E-state index >= 15 is 0 Å². The van der Waals surface area contributed by atoms with E-state index in [1.165, 1.54) is 0 Å². The number of fused-ring (bicyclic) bond motifs is 1. The molecule has 1 aromatic rings. The van der Waals surface area contributed by atoms with Crippen LogP contribution in [0.4, 0.5) is 0 Å². The highest BCUT2D eigenvalue weighted by Gasteiger charge is 2.28. The summed E-state index contributed by atoms with van der Waals surface area (Å²) in [5.41, 5.74) is 0. The van der Waals surface area contributed by atoms with E-state index in [0.717, 1.165) is 11.6 Å². The van der Waals surface area contributed by atoms with Gasteiger partial charge >= 0.3 is 0 Å². The quantitative estimate of drug-likeness (QED) is 0.529. The van der Waals surface area contributed by atoms with E-state index in [1.54, 1.807) is 18.0 Å². The molecule has 5 heteroatoms. The third-order valence-electron chi connectivity index (χ3n) is 1.86. The first kappa shape index (κ1) is 7.67. The number of oxime groups is 1. The summed E-state index contributed by atoms with van der Waals surface area (Å²) in [7, 11) is 0. The van der Waals surface area contributed by atoms with E-state index in [-0.39, 0.29) is 5.25 Å². The van der Waals surface area contributed by atoms with Crippen molar-refractivity contribution in [1.29, 1.82) is 0 Å². The molecule has 2 rings (SSSR count). The summed E-state index contributed by atoms with van der Waals surface area (Å²) >= 11 is 1.64. The van der Waals surface area contributed by atoms with E-state index in [4.69, 9.17) is 5.21 Å². The van der Waals surface area contributed by atoms with E-state index in [0.29, 0.717) is 5.84 Å². The second-order valence-electron chi connectivity index (χ2n) is 2.55. The molecular weight excluding hydrogens is 174 g/mol. The molecule has 4 nitrogen and oxygen atoms in total. The van der Waals surface area contributed by atoms with Crippen molar-refractivity contribution in [2.75, 3.05) is 0 Å². The molecule has 0 saturated heterocycles. The fourth-order valence-corrected chi connectivity index (χ4v) is 2.34. The summed E-state index contributed by atoms with van der Waals surface area (Å²) in [6, 6.07) is 0. The molecule has 1 unspecified atom stereocenters. The topological polar surface area (TPSA) is 50.4 Å². The molecule has 1 aliphatic heterocycles. The monoisotopic (exact) mass is 183 g/mol. The zero-order chi connectivity index (χ0) is 8.55. The van der Waals surface area contributed by atoms with Gasteiger partial charge in [0.15, 0.2) is 11.0 Å². The maximum Gasteiger partial charge on any atom is 0.174 e. The molecular formula is C7H9N3OS. The van der Waals surface area contributed by atoms with Crippen LogP contribution >= 0.6 is 11.8 Å². The lowest BCUT2D eigenvalue weighted by Gasteiger charge is -2.03. The van der Waals surface area contributed by atoms with Gasteiger partial charge in [0.05, 0.1) is 5.25 Å². The minimum absolute atomic E-state index is 0.249. The Balaban J connectivity index is 2.41. The molecule has 1 aromatic heterocycles. The zero-order valence-corrected chi connectivity index (χ0v) is 7.45. The van der Waals surface area contributed by atoms with Gasteiger partial charge in [-0.15, -0.1) is 0 Å². The first-order valence-corrected chi connectivity index (χ1v) is 4.67. The Labute approximate surface area is 74.3 Å². The molecule has 64 valence electrons. The van der Waals surface area contributed by atoms with E-state index < -0.39 is 0 Å². The van der Waals surface area contributed by atoms with Gasteiger partial charge in [-0.3, -0.25) is 4.57 Å². The van der Waals surface area contributed by atoms with Crippen molar-refractivity contribution in [2.24, 2.45) is 5.16 Å². The van der Waals surface area contributed by atoms with Gasteiger partial charge in [0.2, 0.25) is 0 Å². The highest BCUT2D eigenvalue weighted by atomic mass is 32.2. The summed E-state index contributed by atoms with van der Waals surface area (Å²) in [6.45, 7) is 2.06. The van der Waals surface area contributed by atoms with Gasteiger partial charge in [-0.25, -0.2) is 4.98 Å². The van der Waals surface area contributed by atoms with Crippen LogP contribution in [0.1, 0.15) is 13.3 Å². The van der Waals surface area contributed by atoms with Crippen molar-refractivity contribution in [3.05, 3.63) is 12.4 Å². The van der Waals surface area contributed by atoms with Crippen LogP contribution in [-0.4, -0.2) is 25.8 Å². The molecule has 0 amide bonds. The largest absolute Gasteiger partial charge is 0.409 e. The van der Waals surface area contributed by atoms with Crippen LogP contribution in [0, 0.1) is 0 Å². The lowest BCUT2D eigenvalue weighted by atomic mass is 10.3. The number of hydrogen-bond donors (Lipinski definition) is 1. The van der Waals surface area contributed by atoms with Gasteiger partial charge in [-0.05, 0) is 6.42 Å². The molecule has 1 aliphatic rings. The first-order valence-electron chi connectivity index (χ1n) is 3.79. The average molecular weight is 183 g/mol. The summed E-state index contributed by atoms with van der Waals surface area (Å²) < 4.78 is 1.82. The Morgan fingerprint density at radius 1 is 1.83 bits per heavy atom. The van der Waals surface area contributed by atoms with Crippen molar-refractivity contribution >= 4 is 17.6 Å². The van der Waals surface area contributed by atoms with Gasteiger partial charge in [-0.1, -0.05) is 23.8 Å². The van der Waals surface area contributed by atoms with Crippen LogP contribution in [0.3, 0.4) is 0 Å². The zero-order valence-electron chi connectivity index (χ0n) is 6.64. The van der Waals surface area contributed by atoms with Gasteiger partial charge in [0.25, 0.3) is 0 Å². The minimum Gasteiger partial charge on any atom is -0.409 e. The van der Waals surface area contributed by atoms with Crippen molar-refractivity contribution in [2.45, 2.75) is 23.8 Å². The Bertz CT molecular complexity index is 320. The molecule has 0 fully saturated rings. The molecule has 0 aromatic carbocycles. The summed E-state index contributed by atoms with van der Waals surface area (Å²) in [6.07, 6.45) is 4.47. The summed E-state index contributed by atoms with van der Waals surface area (Å²) in [5, 5.41) is 13.2. The molecule has 0 radical (unpaired) electrons. The number of aromatic nitrogens is 2. The molecule has 1 atom stereocenters. The number of thioether (sulfide) groups is 1. The lowest BCUT2D eigenvalue weighted by molar-refractivity contribution is 0.315. The molecule has 2 heterocycles. The molecule has 0 bridgehead atoms. The predicted molar refractivity (Wildman–Crippen MR) is 46.8 cm³/mol. The Kier molecular flexibility index (Phi) is 1.80. The van der Waals surface area contributed by atoms with Gasteiger partial charge < -0.3 is 5.21 Å². The predicted octanol–water partition coefficient (Wildman–Crippen LogP) is 1.40. The molecule has 0 spiro atoms. The van der Waals surface area contributed by atoms with Crippen LogP contribution in [0.2, 0.25) is 0 Å². The van der Waals surface area contributed by atoms with Gasteiger partial charge in [-0.2, -0.15) is 0 Å². The normalized spacial score (nSPS) is 24.8. The molecule has 1 N–H and O–H groups in total. The van der Waals surface area contributed by atoms with Gasteiger partial charge in [0, 0.05) is 12.4 Å². The van der Waals surface area contributed by atoms with Crippen LogP contribution in [-0.2, 0) is 0 Å². The van der Waals surface area contributed by atoms with E-state index in [2.05, 4.69) is 17.1 Å². The number of imidazole rings is 1. The van der Waals surface area contributed by atoms with Crippen molar-refractivity contribution in [3.63, 3.8) is 0 Å².